The quantitative estimate of drug-likeness (QED) is 0.824. The summed E-state index contributed by atoms with van der Waals surface area (Å²) in [4.78, 5) is 17.5. The zero-order valence-corrected chi connectivity index (χ0v) is 12.7. The molecule has 0 saturated carbocycles. The highest BCUT2D eigenvalue weighted by Crippen LogP contribution is 2.34. The molecule has 25 heavy (non-hydrogen) atoms. The number of amides is 1. The maximum atomic E-state index is 12.6. The molecule has 1 aromatic heterocycles. The van der Waals surface area contributed by atoms with Gasteiger partial charge in [0.15, 0.2) is 17.3 Å². The second kappa shape index (κ2) is 5.64. The van der Waals surface area contributed by atoms with Crippen molar-refractivity contribution in [1.29, 1.82) is 0 Å². The van der Waals surface area contributed by atoms with Crippen LogP contribution in [0.2, 0.25) is 0 Å². The summed E-state index contributed by atoms with van der Waals surface area (Å²) < 4.78 is 52.3. The number of hydrogen-bond acceptors (Lipinski definition) is 6. The maximum absolute atomic E-state index is 12.6. The summed E-state index contributed by atoms with van der Waals surface area (Å²) in [6.45, 7) is 0.732. The smallest absolute Gasteiger partial charge is 0.454 e. The van der Waals surface area contributed by atoms with Crippen molar-refractivity contribution < 1.29 is 32.0 Å². The van der Waals surface area contributed by atoms with E-state index in [4.69, 9.17) is 9.47 Å². The van der Waals surface area contributed by atoms with Gasteiger partial charge in [0.05, 0.1) is 0 Å². The number of likely N-dealkylation sites (tertiary alicyclic amines) is 1. The molecule has 0 aliphatic carbocycles. The van der Waals surface area contributed by atoms with Crippen molar-refractivity contribution in [2.24, 2.45) is 0 Å². The van der Waals surface area contributed by atoms with Gasteiger partial charge in [0.2, 0.25) is 6.79 Å². The second-order valence-corrected chi connectivity index (χ2v) is 5.76. The molecule has 0 N–H and O–H groups in total. The van der Waals surface area contributed by atoms with Crippen LogP contribution >= 0.6 is 0 Å². The van der Waals surface area contributed by atoms with Crippen LogP contribution in [0.3, 0.4) is 0 Å². The molecule has 0 bridgehead atoms. The minimum atomic E-state index is -4.67. The lowest BCUT2D eigenvalue weighted by Crippen LogP contribution is -2.28. The van der Waals surface area contributed by atoms with Crippen molar-refractivity contribution in [3.63, 3.8) is 0 Å². The number of hydrogen-bond donors (Lipinski definition) is 0. The Hall–Kier alpha value is -2.78. The van der Waals surface area contributed by atoms with E-state index in [0.29, 0.717) is 30.0 Å². The van der Waals surface area contributed by atoms with Gasteiger partial charge in [-0.1, -0.05) is 5.16 Å². The van der Waals surface area contributed by atoms with Gasteiger partial charge in [-0.3, -0.25) is 4.79 Å². The van der Waals surface area contributed by atoms with E-state index < -0.39 is 18.0 Å². The lowest BCUT2D eigenvalue weighted by atomic mass is 10.1. The van der Waals surface area contributed by atoms with E-state index in [1.807, 2.05) is 0 Å². The monoisotopic (exact) mass is 355 g/mol. The topological polar surface area (TPSA) is 77.7 Å². The fourth-order valence-electron chi connectivity index (χ4n) is 2.88. The molecule has 132 valence electrons. The Balaban J connectivity index is 1.47. The van der Waals surface area contributed by atoms with Gasteiger partial charge in [-0.2, -0.15) is 18.2 Å². The average molecular weight is 355 g/mol. The molecule has 1 amide bonds. The summed E-state index contributed by atoms with van der Waals surface area (Å²) in [6.07, 6.45) is -4.21. The Morgan fingerprint density at radius 1 is 1.24 bits per heavy atom. The van der Waals surface area contributed by atoms with E-state index in [0.717, 1.165) is 0 Å². The highest BCUT2D eigenvalue weighted by Gasteiger charge is 2.40. The summed E-state index contributed by atoms with van der Waals surface area (Å²) in [5, 5.41) is 3.40. The molecule has 1 aromatic carbocycles. The van der Waals surface area contributed by atoms with Crippen LogP contribution in [0.15, 0.2) is 22.7 Å². The third kappa shape index (κ3) is 2.87. The molecule has 1 saturated heterocycles. The van der Waals surface area contributed by atoms with Crippen molar-refractivity contribution in [2.75, 3.05) is 19.9 Å². The first-order valence-electron chi connectivity index (χ1n) is 7.51. The normalized spacial score (nSPS) is 19.5. The molecule has 4 rings (SSSR count). The number of ether oxygens (including phenoxy) is 2. The molecular weight excluding hydrogens is 343 g/mol. The van der Waals surface area contributed by atoms with Crippen molar-refractivity contribution in [2.45, 2.75) is 18.5 Å². The van der Waals surface area contributed by atoms with E-state index in [1.165, 1.54) is 0 Å². The van der Waals surface area contributed by atoms with Crippen molar-refractivity contribution in [1.82, 2.24) is 15.0 Å². The van der Waals surface area contributed by atoms with Gasteiger partial charge in [0, 0.05) is 24.6 Å². The number of fused-ring (bicyclic) bond motifs is 1. The van der Waals surface area contributed by atoms with Crippen molar-refractivity contribution in [3.8, 4) is 11.5 Å². The SMILES string of the molecule is O=C(c1ccc2c(c1)OCO2)N1CCC(c2noc(C(F)(F)F)n2)C1. The minimum Gasteiger partial charge on any atom is -0.454 e. The Labute approximate surface area is 139 Å². The van der Waals surface area contributed by atoms with Crippen LogP contribution in [0.1, 0.15) is 34.4 Å². The number of aromatic nitrogens is 2. The Morgan fingerprint density at radius 3 is 2.80 bits per heavy atom. The number of carbonyl (C=O) groups is 1. The summed E-state index contributed by atoms with van der Waals surface area (Å²) in [7, 11) is 0. The van der Waals surface area contributed by atoms with E-state index >= 15 is 0 Å². The molecule has 1 fully saturated rings. The molecule has 7 nitrogen and oxygen atoms in total. The van der Waals surface area contributed by atoms with Gasteiger partial charge >= 0.3 is 12.1 Å². The van der Waals surface area contributed by atoms with E-state index in [-0.39, 0.29) is 25.1 Å². The van der Waals surface area contributed by atoms with Crippen LogP contribution in [0.5, 0.6) is 11.5 Å². The summed E-state index contributed by atoms with van der Waals surface area (Å²) in [5.41, 5.74) is 0.425. The van der Waals surface area contributed by atoms with Gasteiger partial charge in [-0.15, -0.1) is 0 Å². The zero-order valence-electron chi connectivity index (χ0n) is 12.7. The Kier molecular flexibility index (Phi) is 3.55. The molecule has 0 radical (unpaired) electrons. The first-order chi connectivity index (χ1) is 11.9. The highest BCUT2D eigenvalue weighted by molar-refractivity contribution is 5.95. The third-order valence-corrected chi connectivity index (χ3v) is 4.14. The van der Waals surface area contributed by atoms with E-state index in [9.17, 15) is 18.0 Å². The summed E-state index contributed by atoms with van der Waals surface area (Å²) in [6, 6.07) is 4.87. The maximum Gasteiger partial charge on any atom is 0.471 e. The largest absolute Gasteiger partial charge is 0.471 e. The second-order valence-electron chi connectivity index (χ2n) is 5.76. The number of alkyl halides is 3. The molecule has 3 heterocycles. The first kappa shape index (κ1) is 15.7. The standard InChI is InChI=1S/C15H12F3N3O4/c16-15(17,18)14-19-12(20-25-14)9-3-4-21(6-9)13(22)8-1-2-10-11(5-8)24-7-23-10/h1-2,5,9H,3-4,6-7H2. The average Bonchev–Trinajstić information content (AvgIpc) is 3.30. The third-order valence-electron chi connectivity index (χ3n) is 4.14. The van der Waals surface area contributed by atoms with Gasteiger partial charge in [0.1, 0.15) is 0 Å². The lowest BCUT2D eigenvalue weighted by molar-refractivity contribution is -0.159. The molecular formula is C15H12F3N3O4. The molecule has 2 aliphatic heterocycles. The van der Waals surface area contributed by atoms with Crippen LogP contribution in [0, 0.1) is 0 Å². The van der Waals surface area contributed by atoms with Crippen LogP contribution < -0.4 is 9.47 Å². The van der Waals surface area contributed by atoms with Gasteiger partial charge in [-0.05, 0) is 24.6 Å². The van der Waals surface area contributed by atoms with Crippen molar-refractivity contribution in [3.05, 3.63) is 35.5 Å². The molecule has 1 atom stereocenters. The fraction of sp³-hybridized carbons (Fsp3) is 0.400. The fourth-order valence-corrected chi connectivity index (χ4v) is 2.88. The van der Waals surface area contributed by atoms with Gasteiger partial charge < -0.3 is 18.9 Å². The van der Waals surface area contributed by atoms with E-state index in [2.05, 4.69) is 14.7 Å². The Morgan fingerprint density at radius 2 is 2.04 bits per heavy atom. The highest BCUT2D eigenvalue weighted by atomic mass is 19.4. The number of nitrogens with zero attached hydrogens (tertiary/aromatic N) is 3. The summed E-state index contributed by atoms with van der Waals surface area (Å²) in [5.74, 6) is -0.966. The predicted octanol–water partition coefficient (Wildman–Crippen LogP) is 2.45. The molecule has 2 aliphatic rings. The van der Waals surface area contributed by atoms with Crippen LogP contribution in [-0.2, 0) is 6.18 Å². The molecule has 0 spiro atoms. The van der Waals surface area contributed by atoms with Crippen molar-refractivity contribution >= 4 is 5.91 Å². The van der Waals surface area contributed by atoms with E-state index in [1.54, 1.807) is 23.1 Å². The number of halogens is 3. The van der Waals surface area contributed by atoms with Crippen LogP contribution in [-0.4, -0.2) is 40.8 Å². The lowest BCUT2D eigenvalue weighted by Gasteiger charge is -2.16. The molecule has 1 unspecified atom stereocenters. The Bertz CT molecular complexity index is 821. The predicted molar refractivity (Wildman–Crippen MR) is 75.1 cm³/mol. The van der Waals surface area contributed by atoms with Gasteiger partial charge in [0.25, 0.3) is 5.91 Å². The number of benzene rings is 1. The molecule has 2 aromatic rings. The van der Waals surface area contributed by atoms with Crippen LogP contribution in [0.4, 0.5) is 13.2 Å². The van der Waals surface area contributed by atoms with Crippen LogP contribution in [0.25, 0.3) is 0 Å². The first-order valence-corrected chi connectivity index (χ1v) is 7.51. The number of carbonyl (C=O) groups excluding carboxylic acids is 1. The summed E-state index contributed by atoms with van der Waals surface area (Å²) >= 11 is 0. The minimum absolute atomic E-state index is 0.0340. The molecule has 10 heteroatoms. The van der Waals surface area contributed by atoms with Gasteiger partial charge in [-0.25, -0.2) is 0 Å². The zero-order chi connectivity index (χ0) is 17.6. The number of rotatable bonds is 2.